The maximum Gasteiger partial charge on any atom is 0.326 e. The normalized spacial score (nSPS) is 29.6. The maximum atomic E-state index is 14.4. The van der Waals surface area contributed by atoms with Crippen molar-refractivity contribution in [2.75, 3.05) is 52.4 Å². The van der Waals surface area contributed by atoms with Crippen LogP contribution in [0, 0.1) is 39.9 Å². The smallest absolute Gasteiger partial charge is 0.326 e. The number of benzene rings is 1. The molecule has 1 N–H and O–H groups in total. The molecule has 0 radical (unpaired) electrons. The first-order chi connectivity index (χ1) is 35.1. The van der Waals surface area contributed by atoms with E-state index in [2.05, 4.69) is 67.5 Å². The van der Waals surface area contributed by atoms with Crippen molar-refractivity contribution in [2.45, 2.75) is 121 Å². The van der Waals surface area contributed by atoms with Gasteiger partial charge in [-0.3, -0.25) is 38.8 Å². The fourth-order valence-electron chi connectivity index (χ4n) is 16.8. The third-order valence-electron chi connectivity index (χ3n) is 20.2. The Morgan fingerprint density at radius 2 is 1.26 bits per heavy atom. The molecule has 3 amide bonds. The summed E-state index contributed by atoms with van der Waals surface area (Å²) in [5, 5.41) is 0. The molecule has 7 fully saturated rings. The Hall–Kier alpha value is -5.90. The molecule has 5 aromatic rings. The minimum atomic E-state index is -0.293. The van der Waals surface area contributed by atoms with Gasteiger partial charge < -0.3 is 19.7 Å². The molecule has 16 nitrogen and oxygen atoms in total. The van der Waals surface area contributed by atoms with E-state index in [1.165, 1.54) is 6.42 Å². The van der Waals surface area contributed by atoms with Crippen molar-refractivity contribution in [3.8, 4) is 0 Å². The van der Waals surface area contributed by atoms with Crippen LogP contribution in [0.2, 0.25) is 0 Å². The molecule has 8 unspecified atom stereocenters. The van der Waals surface area contributed by atoms with Crippen LogP contribution >= 0.6 is 0 Å². The van der Waals surface area contributed by atoms with Crippen LogP contribution in [0.4, 0.5) is 0 Å². The zero-order valence-electron chi connectivity index (χ0n) is 41.9. The van der Waals surface area contributed by atoms with Crippen LogP contribution in [0.15, 0.2) is 84.8 Å². The topological polar surface area (TPSA) is 179 Å². The number of rotatable bonds is 14. The molecular formula is C56H70N12O4. The number of amides is 3. The predicted molar refractivity (Wildman–Crippen MR) is 271 cm³/mol. The standard InChI is InChI=1S/C56H70N12O4/c1-53(56-20-8-12-42(56)35-66(38-56)51(71)47-32-59-23-26-62-47,67-27-15-43(16-28-67)68-48-14-3-2-13-44(48)63-52(68)72)29-39(55-19-7-11-41(55)34-65(37-55)50(70)46-31-58-22-25-61-46)9-4-5-17-54-18-6-10-40(54)33-64(36-54)49(69)45-30-57-21-24-60-45/h2-3,13-14,21-26,30-32,39-43H,4-12,15-20,27-29,33-38H2,1H3,(H,63,72). The molecule has 12 rings (SSSR count). The Morgan fingerprint density at radius 1 is 0.681 bits per heavy atom. The Kier molecular flexibility index (Phi) is 12.3. The number of nitrogens with one attached hydrogen (secondary N) is 1. The Labute approximate surface area is 421 Å². The summed E-state index contributed by atoms with van der Waals surface area (Å²) < 4.78 is 2.01. The van der Waals surface area contributed by atoms with Gasteiger partial charge in [0, 0.05) is 107 Å². The van der Waals surface area contributed by atoms with Crippen molar-refractivity contribution in [3.05, 3.63) is 108 Å². The maximum absolute atomic E-state index is 14.4. The first-order valence-electron chi connectivity index (χ1n) is 27.2. The minimum absolute atomic E-state index is 0.00423. The van der Waals surface area contributed by atoms with Gasteiger partial charge in [0.05, 0.1) is 29.6 Å². The predicted octanol–water partition coefficient (Wildman–Crippen LogP) is 7.49. The van der Waals surface area contributed by atoms with Gasteiger partial charge in [0.15, 0.2) is 0 Å². The highest BCUT2D eigenvalue weighted by atomic mass is 16.2. The summed E-state index contributed by atoms with van der Waals surface area (Å²) in [6.07, 6.45) is 31.7. The molecule has 1 aromatic carbocycles. The molecule has 8 heterocycles. The summed E-state index contributed by atoms with van der Waals surface area (Å²) in [6, 6.07) is 8.12. The molecule has 7 aliphatic rings. The molecule has 4 aliphatic heterocycles. The number of nitrogens with zero attached hydrogens (tertiary/aromatic N) is 11. The third-order valence-corrected chi connectivity index (χ3v) is 20.2. The zero-order chi connectivity index (χ0) is 49.1. The number of piperidine rings is 1. The number of unbranched alkanes of at least 4 members (excludes halogenated alkanes) is 1. The second-order valence-corrected chi connectivity index (χ2v) is 23.3. The fraction of sp³-hybridized carbons (Fsp3) is 0.607. The Bertz CT molecular complexity index is 2840. The van der Waals surface area contributed by atoms with Gasteiger partial charge >= 0.3 is 5.69 Å². The lowest BCUT2D eigenvalue weighted by molar-refractivity contribution is -0.0775. The van der Waals surface area contributed by atoms with Crippen molar-refractivity contribution < 1.29 is 14.4 Å². The third kappa shape index (κ3) is 7.96. The summed E-state index contributed by atoms with van der Waals surface area (Å²) in [5.41, 5.74) is 2.64. The number of aromatic nitrogens is 8. The molecule has 16 heteroatoms. The molecule has 378 valence electrons. The second-order valence-electron chi connectivity index (χ2n) is 23.3. The lowest BCUT2D eigenvalue weighted by Crippen LogP contribution is -2.63. The number of carbonyl (C=O) groups excluding carboxylic acids is 3. The number of aromatic amines is 1. The van der Waals surface area contributed by atoms with Gasteiger partial charge in [0.25, 0.3) is 17.7 Å². The average Bonchev–Trinajstić information content (AvgIpc) is 4.29. The van der Waals surface area contributed by atoms with E-state index in [0.29, 0.717) is 53.8 Å². The second kappa shape index (κ2) is 18.9. The number of H-pyrrole nitrogens is 1. The first-order valence-corrected chi connectivity index (χ1v) is 27.2. The van der Waals surface area contributed by atoms with Crippen molar-refractivity contribution in [2.24, 2.45) is 39.9 Å². The quantitative estimate of drug-likeness (QED) is 0.109. The Morgan fingerprint density at radius 3 is 1.94 bits per heavy atom. The van der Waals surface area contributed by atoms with Crippen LogP contribution in [0.25, 0.3) is 11.0 Å². The highest BCUT2D eigenvalue weighted by Crippen LogP contribution is 2.63. The highest BCUT2D eigenvalue weighted by Gasteiger charge is 2.65. The molecular weight excluding hydrogens is 905 g/mol. The molecule has 4 saturated heterocycles. The summed E-state index contributed by atoms with van der Waals surface area (Å²) in [4.78, 5) is 94.5. The SMILES string of the molecule is CC(CC(CCCCC12CCCC1CN(C(=O)c1cnccn1)C2)C12CCCC1CN(C(=O)c1cnccn1)C2)(N1CCC(n2c(=O)[nH]c3ccccc32)CC1)C12CCCC1CN(C(=O)c1cnccn1)C2. The highest BCUT2D eigenvalue weighted by molar-refractivity contribution is 5.93. The van der Waals surface area contributed by atoms with E-state index in [9.17, 15) is 19.2 Å². The first kappa shape index (κ1) is 47.1. The molecule has 3 aliphatic carbocycles. The molecule has 0 spiro atoms. The van der Waals surface area contributed by atoms with Crippen molar-refractivity contribution in [3.63, 3.8) is 0 Å². The van der Waals surface area contributed by atoms with Crippen LogP contribution in [0.5, 0.6) is 0 Å². The zero-order valence-corrected chi connectivity index (χ0v) is 41.9. The van der Waals surface area contributed by atoms with E-state index in [-0.39, 0.29) is 51.2 Å². The average molecular weight is 975 g/mol. The Balaban J connectivity index is 0.874. The van der Waals surface area contributed by atoms with Gasteiger partial charge in [-0.05, 0) is 124 Å². The molecule has 3 saturated carbocycles. The number of hydrogen-bond donors (Lipinski definition) is 1. The van der Waals surface area contributed by atoms with E-state index in [1.54, 1.807) is 55.8 Å². The number of hydrogen-bond acceptors (Lipinski definition) is 11. The van der Waals surface area contributed by atoms with Gasteiger partial charge in [-0.1, -0.05) is 44.2 Å². The number of para-hydroxylation sites is 2. The lowest BCUT2D eigenvalue weighted by atomic mass is 9.56. The number of imidazole rings is 1. The van der Waals surface area contributed by atoms with Gasteiger partial charge in [0.2, 0.25) is 0 Å². The van der Waals surface area contributed by atoms with Gasteiger partial charge in [-0.15, -0.1) is 0 Å². The van der Waals surface area contributed by atoms with Crippen LogP contribution in [0.1, 0.15) is 147 Å². The number of fused-ring (bicyclic) bond motifs is 4. The summed E-state index contributed by atoms with van der Waals surface area (Å²) >= 11 is 0. The van der Waals surface area contributed by atoms with Crippen LogP contribution in [0.3, 0.4) is 0 Å². The van der Waals surface area contributed by atoms with Crippen LogP contribution in [-0.4, -0.2) is 135 Å². The van der Waals surface area contributed by atoms with Gasteiger partial charge in [-0.25, -0.2) is 19.7 Å². The number of likely N-dealkylation sites (tertiary alicyclic amines) is 4. The van der Waals surface area contributed by atoms with Crippen LogP contribution < -0.4 is 5.69 Å². The number of carbonyl (C=O) groups is 3. The van der Waals surface area contributed by atoms with E-state index < -0.39 is 0 Å². The molecule has 72 heavy (non-hydrogen) atoms. The van der Waals surface area contributed by atoms with Crippen molar-refractivity contribution >= 4 is 28.8 Å². The van der Waals surface area contributed by atoms with Gasteiger partial charge in [-0.2, -0.15) is 0 Å². The lowest BCUT2D eigenvalue weighted by Gasteiger charge is -2.58. The van der Waals surface area contributed by atoms with E-state index in [0.717, 1.165) is 147 Å². The van der Waals surface area contributed by atoms with Crippen molar-refractivity contribution in [1.29, 1.82) is 0 Å². The monoisotopic (exact) mass is 975 g/mol. The van der Waals surface area contributed by atoms with Gasteiger partial charge in [0.1, 0.15) is 17.1 Å². The fourth-order valence-corrected chi connectivity index (χ4v) is 16.8. The summed E-state index contributed by atoms with van der Waals surface area (Å²) in [6.45, 7) is 8.72. The molecule has 0 bridgehead atoms. The largest absolute Gasteiger partial charge is 0.336 e. The van der Waals surface area contributed by atoms with E-state index >= 15 is 0 Å². The van der Waals surface area contributed by atoms with E-state index in [1.807, 2.05) is 22.8 Å². The summed E-state index contributed by atoms with van der Waals surface area (Å²) in [5.74, 6) is 1.47. The van der Waals surface area contributed by atoms with E-state index in [4.69, 9.17) is 0 Å². The molecule has 4 aromatic heterocycles. The summed E-state index contributed by atoms with van der Waals surface area (Å²) in [7, 11) is 0. The van der Waals surface area contributed by atoms with Crippen LogP contribution in [-0.2, 0) is 0 Å². The minimum Gasteiger partial charge on any atom is -0.336 e. The van der Waals surface area contributed by atoms with Crippen molar-refractivity contribution in [1.82, 2.24) is 59.1 Å². The molecule has 8 atom stereocenters.